The van der Waals surface area contributed by atoms with Crippen LogP contribution in [0.4, 0.5) is 0 Å². The molecule has 0 bridgehead atoms. The smallest absolute Gasteiger partial charge is 0.223 e. The van der Waals surface area contributed by atoms with Crippen LogP contribution in [0.15, 0.2) is 64.4 Å². The molecule has 1 unspecified atom stereocenters. The average molecular weight is 378 g/mol. The topological polar surface area (TPSA) is 54.5 Å². The molecule has 0 heterocycles. The summed E-state index contributed by atoms with van der Waals surface area (Å²) in [4.78, 5) is 15.5. The molecule has 0 aromatic heterocycles. The van der Waals surface area contributed by atoms with Gasteiger partial charge in [-0.1, -0.05) is 30.3 Å². The van der Waals surface area contributed by atoms with E-state index in [4.69, 9.17) is 0 Å². The normalized spacial score (nSPS) is 12.6. The maximum Gasteiger partial charge on any atom is 0.223 e. The molecule has 4 nitrogen and oxygen atoms in total. The van der Waals surface area contributed by atoms with E-state index in [2.05, 4.69) is 0 Å². The molecule has 0 saturated heterocycles. The molecular weight excluding hydrogens is 354 g/mol. The predicted octanol–water partition coefficient (Wildman–Crippen LogP) is 3.79. The lowest BCUT2D eigenvalue weighted by atomic mass is 10.1. The van der Waals surface area contributed by atoms with Gasteiger partial charge in [0, 0.05) is 30.4 Å². The van der Waals surface area contributed by atoms with E-state index in [0.29, 0.717) is 6.42 Å². The Morgan fingerprint density at radius 3 is 2.24 bits per heavy atom. The average Bonchev–Trinajstić information content (AvgIpc) is 2.60. The first-order valence-electron chi connectivity index (χ1n) is 8.02. The number of sulfone groups is 1. The van der Waals surface area contributed by atoms with Crippen molar-refractivity contribution < 1.29 is 13.2 Å². The highest BCUT2D eigenvalue weighted by molar-refractivity contribution is 7.99. The van der Waals surface area contributed by atoms with Crippen LogP contribution in [0.3, 0.4) is 0 Å². The van der Waals surface area contributed by atoms with Crippen LogP contribution in [0.25, 0.3) is 0 Å². The number of thioether (sulfide) groups is 1. The second-order valence-electron chi connectivity index (χ2n) is 5.93. The third kappa shape index (κ3) is 5.61. The predicted molar refractivity (Wildman–Crippen MR) is 103 cm³/mol. The monoisotopic (exact) mass is 377 g/mol. The van der Waals surface area contributed by atoms with Crippen LogP contribution < -0.4 is 0 Å². The van der Waals surface area contributed by atoms with Gasteiger partial charge in [-0.2, -0.15) is 0 Å². The lowest BCUT2D eigenvalue weighted by Crippen LogP contribution is -2.29. The van der Waals surface area contributed by atoms with Crippen LogP contribution in [-0.2, 0) is 14.6 Å². The molecule has 1 atom stereocenters. The molecule has 0 aliphatic carbocycles. The second kappa shape index (κ2) is 8.54. The van der Waals surface area contributed by atoms with Crippen LogP contribution in [0.2, 0.25) is 0 Å². The van der Waals surface area contributed by atoms with E-state index in [1.54, 1.807) is 48.0 Å². The third-order valence-corrected chi connectivity index (χ3v) is 6.24. The first-order valence-corrected chi connectivity index (χ1v) is 10.9. The zero-order valence-electron chi connectivity index (χ0n) is 14.7. The fraction of sp³-hybridized carbons (Fsp3) is 0.316. The van der Waals surface area contributed by atoms with E-state index in [-0.39, 0.29) is 16.8 Å². The van der Waals surface area contributed by atoms with Gasteiger partial charge >= 0.3 is 0 Å². The Bertz CT molecular complexity index is 802. The molecule has 0 aliphatic heterocycles. The summed E-state index contributed by atoms with van der Waals surface area (Å²) < 4.78 is 23.0. The highest BCUT2D eigenvalue weighted by Crippen LogP contribution is 2.23. The van der Waals surface area contributed by atoms with E-state index in [0.717, 1.165) is 16.2 Å². The molecule has 0 fully saturated rings. The van der Waals surface area contributed by atoms with Crippen molar-refractivity contribution in [1.82, 2.24) is 4.90 Å². The van der Waals surface area contributed by atoms with Crippen LogP contribution in [-0.4, -0.2) is 38.3 Å². The van der Waals surface area contributed by atoms with Gasteiger partial charge in [0.25, 0.3) is 0 Å². The van der Waals surface area contributed by atoms with Crippen molar-refractivity contribution in [3.05, 3.63) is 60.2 Å². The summed E-state index contributed by atoms with van der Waals surface area (Å²) in [6.07, 6.45) is 1.65. The molecule has 134 valence electrons. The van der Waals surface area contributed by atoms with Crippen LogP contribution in [0.5, 0.6) is 0 Å². The third-order valence-electron chi connectivity index (χ3n) is 4.09. The Balaban J connectivity index is 1.92. The van der Waals surface area contributed by atoms with E-state index in [1.165, 1.54) is 6.26 Å². The van der Waals surface area contributed by atoms with Crippen molar-refractivity contribution in [2.24, 2.45) is 0 Å². The number of nitrogens with zero attached hydrogens (tertiary/aromatic N) is 1. The molecule has 0 aliphatic rings. The fourth-order valence-corrected chi connectivity index (χ4v) is 3.87. The van der Waals surface area contributed by atoms with Crippen molar-refractivity contribution >= 4 is 27.5 Å². The number of rotatable bonds is 7. The minimum absolute atomic E-state index is 0.0723. The van der Waals surface area contributed by atoms with Gasteiger partial charge in [-0.3, -0.25) is 4.79 Å². The summed E-state index contributed by atoms with van der Waals surface area (Å²) in [7, 11) is -1.42. The molecule has 0 spiro atoms. The number of carbonyl (C=O) groups excluding carboxylic acids is 1. The molecular formula is C19H23NO3S2. The lowest BCUT2D eigenvalue weighted by Gasteiger charge is -2.25. The highest BCUT2D eigenvalue weighted by atomic mass is 32.2. The summed E-state index contributed by atoms with van der Waals surface area (Å²) in [5.41, 5.74) is 0.916. The number of benzene rings is 2. The zero-order valence-corrected chi connectivity index (χ0v) is 16.3. The van der Waals surface area contributed by atoms with Crippen molar-refractivity contribution in [2.45, 2.75) is 29.2 Å². The summed E-state index contributed by atoms with van der Waals surface area (Å²) >= 11 is 1.66. The molecule has 2 rings (SSSR count). The van der Waals surface area contributed by atoms with E-state index in [1.807, 2.05) is 37.3 Å². The maximum atomic E-state index is 12.4. The first kappa shape index (κ1) is 19.5. The number of carbonyl (C=O) groups is 1. The maximum absolute atomic E-state index is 12.4. The van der Waals surface area contributed by atoms with Crippen LogP contribution in [0.1, 0.15) is 24.9 Å². The minimum atomic E-state index is -3.20. The van der Waals surface area contributed by atoms with Gasteiger partial charge in [0.15, 0.2) is 9.84 Å². The minimum Gasteiger partial charge on any atom is -0.339 e. The Labute approximate surface area is 154 Å². The van der Waals surface area contributed by atoms with Gasteiger partial charge in [-0.05, 0) is 36.8 Å². The Morgan fingerprint density at radius 2 is 1.68 bits per heavy atom. The molecule has 6 heteroatoms. The van der Waals surface area contributed by atoms with Crippen LogP contribution in [0, 0.1) is 0 Å². The van der Waals surface area contributed by atoms with Crippen molar-refractivity contribution in [2.75, 3.05) is 19.1 Å². The van der Waals surface area contributed by atoms with Gasteiger partial charge < -0.3 is 4.90 Å². The molecule has 2 aromatic carbocycles. The lowest BCUT2D eigenvalue weighted by molar-refractivity contribution is -0.131. The largest absolute Gasteiger partial charge is 0.339 e. The van der Waals surface area contributed by atoms with Crippen molar-refractivity contribution in [1.29, 1.82) is 0 Å². The quantitative estimate of drug-likeness (QED) is 0.689. The number of hydrogen-bond acceptors (Lipinski definition) is 4. The zero-order chi connectivity index (χ0) is 18.4. The van der Waals surface area contributed by atoms with Gasteiger partial charge in [-0.15, -0.1) is 11.8 Å². The van der Waals surface area contributed by atoms with E-state index >= 15 is 0 Å². The molecule has 0 saturated carbocycles. The summed E-state index contributed by atoms with van der Waals surface area (Å²) in [6.45, 7) is 1.94. The molecule has 0 N–H and O–H groups in total. The molecule has 1 amide bonds. The second-order valence-corrected chi connectivity index (χ2v) is 9.12. The Kier molecular flexibility index (Phi) is 6.67. The van der Waals surface area contributed by atoms with Gasteiger partial charge in [0.2, 0.25) is 5.91 Å². The van der Waals surface area contributed by atoms with Gasteiger partial charge in [0.05, 0.1) is 10.9 Å². The molecule has 0 radical (unpaired) electrons. The Morgan fingerprint density at radius 1 is 1.08 bits per heavy atom. The standard InChI is InChI=1S/C19H23NO3S2/c1-15(16-9-11-18(12-10-16)25(3,22)23)20(2)19(21)13-14-24-17-7-5-4-6-8-17/h4-12,15H,13-14H2,1-3H3. The molecule has 25 heavy (non-hydrogen) atoms. The summed E-state index contributed by atoms with van der Waals surface area (Å²) in [5.74, 6) is 0.801. The van der Waals surface area contributed by atoms with Crippen molar-refractivity contribution in [3.8, 4) is 0 Å². The number of amides is 1. The SMILES string of the molecule is CC(c1ccc(S(C)(=O)=O)cc1)N(C)C(=O)CCSc1ccccc1. The summed E-state index contributed by atoms with van der Waals surface area (Å²) in [6, 6.07) is 16.6. The van der Waals surface area contributed by atoms with Crippen LogP contribution >= 0.6 is 11.8 Å². The van der Waals surface area contributed by atoms with E-state index in [9.17, 15) is 13.2 Å². The first-order chi connectivity index (χ1) is 11.8. The summed E-state index contributed by atoms with van der Waals surface area (Å²) in [5, 5.41) is 0. The Hall–Kier alpha value is -1.79. The number of hydrogen-bond donors (Lipinski definition) is 0. The van der Waals surface area contributed by atoms with Gasteiger partial charge in [-0.25, -0.2) is 8.42 Å². The molecule has 2 aromatic rings. The van der Waals surface area contributed by atoms with Crippen molar-refractivity contribution in [3.63, 3.8) is 0 Å². The fourth-order valence-electron chi connectivity index (χ4n) is 2.38. The highest BCUT2D eigenvalue weighted by Gasteiger charge is 2.18. The van der Waals surface area contributed by atoms with E-state index < -0.39 is 9.84 Å². The van der Waals surface area contributed by atoms with Gasteiger partial charge in [0.1, 0.15) is 0 Å².